The monoisotopic (exact) mass is 432 g/mol. The molecule has 0 aromatic heterocycles. The normalized spacial score (nSPS) is 10.2. The third-order valence-electron chi connectivity index (χ3n) is 4.72. The van der Waals surface area contributed by atoms with Gasteiger partial charge in [-0.15, -0.1) is 0 Å². The van der Waals surface area contributed by atoms with Crippen LogP contribution in [-0.4, -0.2) is 18.5 Å². The van der Waals surface area contributed by atoms with E-state index < -0.39 is 6.09 Å². The number of alkyl carbamates (subject to hydrolysis) is 1. The van der Waals surface area contributed by atoms with Gasteiger partial charge in [-0.2, -0.15) is 0 Å². The molecule has 0 aliphatic heterocycles. The number of hydrogen-bond acceptors (Lipinski definition) is 4. The molecule has 0 saturated heterocycles. The first-order chi connectivity index (χ1) is 15.7. The van der Waals surface area contributed by atoms with Crippen molar-refractivity contribution in [2.45, 2.75) is 32.6 Å². The Bertz CT molecular complexity index is 960. The minimum absolute atomic E-state index is 0.0612. The van der Waals surface area contributed by atoms with Gasteiger partial charge in [0.05, 0.1) is 0 Å². The maximum Gasteiger partial charge on any atom is 0.407 e. The molecule has 3 aromatic rings. The van der Waals surface area contributed by atoms with Gasteiger partial charge in [0.2, 0.25) is 5.91 Å². The second-order valence-corrected chi connectivity index (χ2v) is 7.29. The summed E-state index contributed by atoms with van der Waals surface area (Å²) in [6.45, 7) is 1.58. The van der Waals surface area contributed by atoms with E-state index in [0.717, 1.165) is 22.4 Å². The molecule has 2 N–H and O–H groups in total. The van der Waals surface area contributed by atoms with Gasteiger partial charge in [0.1, 0.15) is 19.0 Å². The predicted molar refractivity (Wildman–Crippen MR) is 123 cm³/mol. The Morgan fingerprint density at radius 1 is 0.688 bits per heavy atom. The van der Waals surface area contributed by atoms with Crippen molar-refractivity contribution in [2.24, 2.45) is 0 Å². The highest BCUT2D eigenvalue weighted by Gasteiger charge is 2.05. The first kappa shape index (κ1) is 22.9. The number of carbonyl (C=O) groups excluding carboxylic acids is 2. The van der Waals surface area contributed by atoms with Crippen molar-refractivity contribution < 1.29 is 19.1 Å². The second kappa shape index (κ2) is 12.8. The summed E-state index contributed by atoms with van der Waals surface area (Å²) in [7, 11) is 0. The summed E-state index contributed by atoms with van der Waals surface area (Å²) in [5, 5.41) is 5.54. The lowest BCUT2D eigenvalue weighted by Crippen LogP contribution is -2.27. The molecule has 6 nitrogen and oxygen atoms in total. The maximum atomic E-state index is 12.0. The van der Waals surface area contributed by atoms with E-state index in [0.29, 0.717) is 32.5 Å². The summed E-state index contributed by atoms with van der Waals surface area (Å²) in [6.07, 6.45) is 0.388. The highest BCUT2D eigenvalue weighted by atomic mass is 16.5. The van der Waals surface area contributed by atoms with Gasteiger partial charge in [0.15, 0.2) is 0 Å². The molecule has 0 atom stereocenters. The van der Waals surface area contributed by atoms with E-state index in [1.165, 1.54) is 0 Å². The van der Waals surface area contributed by atoms with Crippen molar-refractivity contribution in [2.75, 3.05) is 6.54 Å². The number of rotatable bonds is 11. The molecule has 0 aliphatic rings. The first-order valence-corrected chi connectivity index (χ1v) is 10.7. The van der Waals surface area contributed by atoms with Crippen LogP contribution in [-0.2, 0) is 29.3 Å². The van der Waals surface area contributed by atoms with Crippen molar-refractivity contribution >= 4 is 12.0 Å². The molecule has 0 fully saturated rings. The summed E-state index contributed by atoms with van der Waals surface area (Å²) in [6, 6.07) is 27.1. The highest BCUT2D eigenvalue weighted by Crippen LogP contribution is 2.14. The van der Waals surface area contributed by atoms with Gasteiger partial charge in [-0.05, 0) is 35.2 Å². The Morgan fingerprint density at radius 2 is 1.31 bits per heavy atom. The molecule has 0 spiro atoms. The second-order valence-electron chi connectivity index (χ2n) is 7.29. The summed E-state index contributed by atoms with van der Waals surface area (Å²) < 4.78 is 10.9. The van der Waals surface area contributed by atoms with Gasteiger partial charge in [0.25, 0.3) is 0 Å². The van der Waals surface area contributed by atoms with Crippen LogP contribution in [0.2, 0.25) is 0 Å². The maximum absolute atomic E-state index is 12.0. The van der Waals surface area contributed by atoms with E-state index in [4.69, 9.17) is 9.47 Å². The molecule has 0 unspecified atom stereocenters. The minimum atomic E-state index is -0.483. The fourth-order valence-electron chi connectivity index (χ4n) is 2.95. The third-order valence-corrected chi connectivity index (χ3v) is 4.72. The number of benzene rings is 3. The summed E-state index contributed by atoms with van der Waals surface area (Å²) >= 11 is 0. The van der Waals surface area contributed by atoms with Crippen LogP contribution < -0.4 is 15.4 Å². The standard InChI is InChI=1S/C26H28N2O4/c29-25(12-7-17-27-26(30)32-20-23-10-5-2-6-11-23)28-18-21-13-15-24(16-14-21)31-19-22-8-3-1-4-9-22/h1-6,8-11,13-16H,7,12,17-20H2,(H,27,30)(H,28,29). The van der Waals surface area contributed by atoms with Crippen LogP contribution in [0.25, 0.3) is 0 Å². The summed E-state index contributed by atoms with van der Waals surface area (Å²) in [4.78, 5) is 23.7. The van der Waals surface area contributed by atoms with Crippen LogP contribution in [0.3, 0.4) is 0 Å². The van der Waals surface area contributed by atoms with E-state index in [1.54, 1.807) is 0 Å². The lowest BCUT2D eigenvalue weighted by atomic mass is 10.2. The summed E-state index contributed by atoms with van der Waals surface area (Å²) in [5.74, 6) is 0.725. The van der Waals surface area contributed by atoms with Crippen LogP contribution in [0.1, 0.15) is 29.5 Å². The largest absolute Gasteiger partial charge is 0.489 e. The Balaban J connectivity index is 1.25. The predicted octanol–water partition coefficient (Wildman–Crippen LogP) is 4.59. The molecule has 0 bridgehead atoms. The van der Waals surface area contributed by atoms with Gasteiger partial charge in [-0.3, -0.25) is 4.79 Å². The van der Waals surface area contributed by atoms with Crippen LogP contribution >= 0.6 is 0 Å². The van der Waals surface area contributed by atoms with Crippen LogP contribution in [0.15, 0.2) is 84.9 Å². The van der Waals surface area contributed by atoms with Gasteiger partial charge in [0, 0.05) is 19.5 Å². The number of carbonyl (C=O) groups is 2. The quantitative estimate of drug-likeness (QED) is 0.435. The van der Waals surface area contributed by atoms with Crippen molar-refractivity contribution in [1.29, 1.82) is 0 Å². The van der Waals surface area contributed by atoms with Crippen molar-refractivity contribution in [1.82, 2.24) is 10.6 Å². The Hall–Kier alpha value is -3.80. The summed E-state index contributed by atoms with van der Waals surface area (Å²) in [5.41, 5.74) is 3.04. The number of amides is 2. The van der Waals surface area contributed by atoms with Gasteiger partial charge >= 0.3 is 6.09 Å². The molecule has 0 radical (unpaired) electrons. The Morgan fingerprint density at radius 3 is 1.97 bits per heavy atom. The average Bonchev–Trinajstić information content (AvgIpc) is 2.85. The zero-order chi connectivity index (χ0) is 22.4. The third kappa shape index (κ3) is 8.52. The van der Waals surface area contributed by atoms with E-state index in [1.807, 2.05) is 84.9 Å². The van der Waals surface area contributed by atoms with Crippen LogP contribution in [0.5, 0.6) is 5.75 Å². The zero-order valence-corrected chi connectivity index (χ0v) is 18.0. The molecule has 6 heteroatoms. The lowest BCUT2D eigenvalue weighted by Gasteiger charge is -2.09. The van der Waals surface area contributed by atoms with Crippen molar-refractivity contribution in [3.63, 3.8) is 0 Å². The smallest absolute Gasteiger partial charge is 0.407 e. The van der Waals surface area contributed by atoms with Crippen molar-refractivity contribution in [3.8, 4) is 5.75 Å². The van der Waals surface area contributed by atoms with Gasteiger partial charge in [-0.1, -0.05) is 72.8 Å². The number of ether oxygens (including phenoxy) is 2. The number of nitrogens with one attached hydrogen (secondary N) is 2. The molecule has 0 aliphatic carbocycles. The van der Waals surface area contributed by atoms with Crippen LogP contribution in [0.4, 0.5) is 4.79 Å². The van der Waals surface area contributed by atoms with Gasteiger partial charge < -0.3 is 20.1 Å². The fraction of sp³-hybridized carbons (Fsp3) is 0.231. The Kier molecular flexibility index (Phi) is 9.15. The van der Waals surface area contributed by atoms with E-state index in [9.17, 15) is 9.59 Å². The topological polar surface area (TPSA) is 76.7 Å². The van der Waals surface area contributed by atoms with Gasteiger partial charge in [-0.25, -0.2) is 4.79 Å². The SMILES string of the molecule is O=C(CCCNC(=O)OCc1ccccc1)NCc1ccc(OCc2ccccc2)cc1. The number of hydrogen-bond donors (Lipinski definition) is 2. The first-order valence-electron chi connectivity index (χ1n) is 10.7. The Labute approximate surface area is 188 Å². The molecule has 0 saturated carbocycles. The van der Waals surface area contributed by atoms with E-state index in [2.05, 4.69) is 10.6 Å². The van der Waals surface area contributed by atoms with Crippen molar-refractivity contribution in [3.05, 3.63) is 102 Å². The van der Waals surface area contributed by atoms with E-state index >= 15 is 0 Å². The molecule has 32 heavy (non-hydrogen) atoms. The average molecular weight is 433 g/mol. The molecule has 3 aromatic carbocycles. The van der Waals surface area contributed by atoms with E-state index in [-0.39, 0.29) is 12.5 Å². The highest BCUT2D eigenvalue weighted by molar-refractivity contribution is 5.76. The minimum Gasteiger partial charge on any atom is -0.489 e. The fourth-order valence-corrected chi connectivity index (χ4v) is 2.95. The molecular weight excluding hydrogens is 404 g/mol. The molecule has 3 rings (SSSR count). The molecular formula is C26H28N2O4. The molecule has 2 amide bonds. The lowest BCUT2D eigenvalue weighted by molar-refractivity contribution is -0.121. The van der Waals surface area contributed by atoms with Crippen LogP contribution in [0, 0.1) is 0 Å². The zero-order valence-electron chi connectivity index (χ0n) is 18.0. The molecule has 166 valence electrons. The molecule has 0 heterocycles.